The standard InChI is InChI=1S/C29H35N5OS/c1-4-33(5-2)17-7-15-31-28(35)25-12-10-23(11-13-25)21-36-29-32-26-14-16-30-19-27(26)34(29)20-24-9-6-8-22(3)18-24/h6,8-14,16,18-19H,4-5,7,15,17,20-21H2,1-3H3,(H,31,35). The van der Waals surface area contributed by atoms with E-state index in [2.05, 4.69) is 64.8 Å². The molecule has 0 saturated heterocycles. The highest BCUT2D eigenvalue weighted by molar-refractivity contribution is 7.98. The maximum atomic E-state index is 12.5. The zero-order valence-corrected chi connectivity index (χ0v) is 22.2. The number of nitrogens with zero attached hydrogens (tertiary/aromatic N) is 4. The van der Waals surface area contributed by atoms with Crippen molar-refractivity contribution in [3.63, 3.8) is 0 Å². The van der Waals surface area contributed by atoms with Crippen molar-refractivity contribution in [1.82, 2.24) is 24.8 Å². The summed E-state index contributed by atoms with van der Waals surface area (Å²) in [5, 5.41) is 4.01. The first kappa shape index (κ1) is 25.9. The van der Waals surface area contributed by atoms with Gasteiger partial charge in [0.1, 0.15) is 0 Å². The monoisotopic (exact) mass is 501 g/mol. The fourth-order valence-corrected chi connectivity index (χ4v) is 5.22. The van der Waals surface area contributed by atoms with Gasteiger partial charge in [0.2, 0.25) is 0 Å². The molecule has 0 aliphatic rings. The highest BCUT2D eigenvalue weighted by atomic mass is 32.2. The number of hydrogen-bond donors (Lipinski definition) is 1. The quantitative estimate of drug-likeness (QED) is 0.204. The number of carbonyl (C=O) groups excluding carboxylic acids is 1. The summed E-state index contributed by atoms with van der Waals surface area (Å²) < 4.78 is 2.24. The van der Waals surface area contributed by atoms with Crippen molar-refractivity contribution in [2.45, 2.75) is 44.6 Å². The Morgan fingerprint density at radius 2 is 1.86 bits per heavy atom. The van der Waals surface area contributed by atoms with Gasteiger partial charge in [-0.1, -0.05) is 67.6 Å². The molecule has 0 radical (unpaired) electrons. The molecule has 0 bridgehead atoms. The van der Waals surface area contributed by atoms with Gasteiger partial charge in [-0.2, -0.15) is 0 Å². The van der Waals surface area contributed by atoms with E-state index in [-0.39, 0.29) is 5.91 Å². The van der Waals surface area contributed by atoms with Crippen molar-refractivity contribution in [1.29, 1.82) is 0 Å². The van der Waals surface area contributed by atoms with Gasteiger partial charge in [-0.15, -0.1) is 0 Å². The van der Waals surface area contributed by atoms with Crippen LogP contribution in [0.2, 0.25) is 0 Å². The summed E-state index contributed by atoms with van der Waals surface area (Å²) in [6.07, 6.45) is 4.63. The minimum absolute atomic E-state index is 0.0128. The molecule has 1 N–H and O–H groups in total. The van der Waals surface area contributed by atoms with Crippen molar-refractivity contribution in [2.24, 2.45) is 0 Å². The number of aromatic nitrogens is 3. The molecule has 4 rings (SSSR count). The fraction of sp³-hybridized carbons (Fsp3) is 0.345. The Hall–Kier alpha value is -3.16. The van der Waals surface area contributed by atoms with Crippen molar-refractivity contribution >= 4 is 28.7 Å². The van der Waals surface area contributed by atoms with E-state index < -0.39 is 0 Å². The first-order valence-corrected chi connectivity index (χ1v) is 13.6. The van der Waals surface area contributed by atoms with Gasteiger partial charge in [-0.05, 0) is 62.3 Å². The van der Waals surface area contributed by atoms with Crippen LogP contribution in [-0.4, -0.2) is 51.5 Å². The maximum Gasteiger partial charge on any atom is 0.251 e. The van der Waals surface area contributed by atoms with E-state index in [4.69, 9.17) is 4.98 Å². The molecular weight excluding hydrogens is 466 g/mol. The van der Waals surface area contributed by atoms with E-state index in [0.717, 1.165) is 60.1 Å². The number of hydrogen-bond acceptors (Lipinski definition) is 5. The average molecular weight is 502 g/mol. The van der Waals surface area contributed by atoms with Crippen LogP contribution in [0.15, 0.2) is 72.1 Å². The average Bonchev–Trinajstić information content (AvgIpc) is 3.25. The second-order valence-corrected chi connectivity index (χ2v) is 9.90. The first-order chi connectivity index (χ1) is 17.6. The van der Waals surface area contributed by atoms with Crippen molar-refractivity contribution in [3.05, 3.63) is 89.2 Å². The SMILES string of the molecule is CCN(CC)CCCNC(=O)c1ccc(CSc2nc3ccncc3n2Cc2cccc(C)c2)cc1. The maximum absolute atomic E-state index is 12.5. The van der Waals surface area contributed by atoms with Crippen LogP contribution < -0.4 is 5.32 Å². The number of nitrogens with one attached hydrogen (secondary N) is 1. The minimum atomic E-state index is -0.0128. The van der Waals surface area contributed by atoms with Gasteiger partial charge < -0.3 is 14.8 Å². The Morgan fingerprint density at radius 1 is 1.06 bits per heavy atom. The molecular formula is C29H35N5OS. The highest BCUT2D eigenvalue weighted by Gasteiger charge is 2.13. The van der Waals surface area contributed by atoms with Crippen LogP contribution in [0, 0.1) is 6.92 Å². The predicted molar refractivity (Wildman–Crippen MR) is 149 cm³/mol. The van der Waals surface area contributed by atoms with Gasteiger partial charge in [0, 0.05) is 24.1 Å². The van der Waals surface area contributed by atoms with Crippen molar-refractivity contribution in [3.8, 4) is 0 Å². The summed E-state index contributed by atoms with van der Waals surface area (Å²) in [5.74, 6) is 0.761. The molecule has 0 fully saturated rings. The highest BCUT2D eigenvalue weighted by Crippen LogP contribution is 2.27. The Balaban J connectivity index is 1.38. The number of aryl methyl sites for hydroxylation is 1. The number of carbonyl (C=O) groups is 1. The molecule has 6 nitrogen and oxygen atoms in total. The smallest absolute Gasteiger partial charge is 0.251 e. The van der Waals surface area contributed by atoms with Crippen LogP contribution in [0.1, 0.15) is 47.3 Å². The Labute approximate surface area is 218 Å². The fourth-order valence-electron chi connectivity index (χ4n) is 4.25. The molecule has 188 valence electrons. The second-order valence-electron chi connectivity index (χ2n) is 8.96. The Bertz CT molecular complexity index is 1280. The molecule has 2 aromatic heterocycles. The molecule has 0 unspecified atom stereocenters. The summed E-state index contributed by atoms with van der Waals surface area (Å²) in [4.78, 5) is 24.1. The third-order valence-corrected chi connectivity index (χ3v) is 7.40. The van der Waals surface area contributed by atoms with Crippen LogP contribution in [-0.2, 0) is 12.3 Å². The van der Waals surface area contributed by atoms with Crippen LogP contribution in [0.3, 0.4) is 0 Å². The van der Waals surface area contributed by atoms with Crippen LogP contribution in [0.5, 0.6) is 0 Å². The summed E-state index contributed by atoms with van der Waals surface area (Å²) in [7, 11) is 0. The number of rotatable bonds is 12. The van der Waals surface area contributed by atoms with Gasteiger partial charge in [-0.3, -0.25) is 9.78 Å². The third kappa shape index (κ3) is 6.74. The van der Waals surface area contributed by atoms with Gasteiger partial charge in [0.25, 0.3) is 5.91 Å². The zero-order chi connectivity index (χ0) is 25.3. The number of imidazole rings is 1. The molecule has 2 aromatic carbocycles. The minimum Gasteiger partial charge on any atom is -0.352 e. The summed E-state index contributed by atoms with van der Waals surface area (Å²) in [6, 6.07) is 18.4. The lowest BCUT2D eigenvalue weighted by Crippen LogP contribution is -2.29. The van der Waals surface area contributed by atoms with E-state index in [9.17, 15) is 4.79 Å². The lowest BCUT2D eigenvalue weighted by Gasteiger charge is -2.17. The van der Waals surface area contributed by atoms with E-state index in [1.54, 1.807) is 18.0 Å². The Kier molecular flexibility index (Phi) is 9.14. The van der Waals surface area contributed by atoms with Gasteiger partial charge >= 0.3 is 0 Å². The zero-order valence-electron chi connectivity index (χ0n) is 21.4. The molecule has 36 heavy (non-hydrogen) atoms. The molecule has 2 heterocycles. The number of amides is 1. The van der Waals surface area contributed by atoms with Gasteiger partial charge in [0.05, 0.1) is 23.8 Å². The van der Waals surface area contributed by atoms with Crippen molar-refractivity contribution in [2.75, 3.05) is 26.2 Å². The summed E-state index contributed by atoms with van der Waals surface area (Å²) >= 11 is 1.71. The van der Waals surface area contributed by atoms with Crippen LogP contribution in [0.4, 0.5) is 0 Å². The van der Waals surface area contributed by atoms with Crippen molar-refractivity contribution < 1.29 is 4.79 Å². The predicted octanol–water partition coefficient (Wildman–Crippen LogP) is 5.54. The Morgan fingerprint density at radius 3 is 2.61 bits per heavy atom. The summed E-state index contributed by atoms with van der Waals surface area (Å²) in [5.41, 5.74) is 6.34. The molecule has 0 aliphatic carbocycles. The number of fused-ring (bicyclic) bond motifs is 1. The molecule has 0 spiro atoms. The normalized spacial score (nSPS) is 11.3. The largest absolute Gasteiger partial charge is 0.352 e. The lowest BCUT2D eigenvalue weighted by molar-refractivity contribution is 0.0952. The molecule has 0 atom stereocenters. The first-order valence-electron chi connectivity index (χ1n) is 12.7. The molecule has 0 saturated carbocycles. The molecule has 7 heteroatoms. The number of benzene rings is 2. The number of thioether (sulfide) groups is 1. The molecule has 0 aliphatic heterocycles. The van der Waals surface area contributed by atoms with Gasteiger partial charge in [0.15, 0.2) is 5.16 Å². The van der Waals surface area contributed by atoms with Gasteiger partial charge in [-0.25, -0.2) is 4.98 Å². The van der Waals surface area contributed by atoms with E-state index in [0.29, 0.717) is 12.1 Å². The van der Waals surface area contributed by atoms with Crippen LogP contribution >= 0.6 is 11.8 Å². The number of pyridine rings is 1. The molecule has 1 amide bonds. The van der Waals surface area contributed by atoms with E-state index in [1.165, 1.54) is 11.1 Å². The third-order valence-electron chi connectivity index (χ3n) is 6.35. The topological polar surface area (TPSA) is 63.1 Å². The second kappa shape index (κ2) is 12.7. The van der Waals surface area contributed by atoms with Crippen LogP contribution in [0.25, 0.3) is 11.0 Å². The molecule has 4 aromatic rings. The lowest BCUT2D eigenvalue weighted by atomic mass is 10.1. The van der Waals surface area contributed by atoms with E-state index >= 15 is 0 Å². The summed E-state index contributed by atoms with van der Waals surface area (Å²) in [6.45, 7) is 11.0. The van der Waals surface area contributed by atoms with E-state index in [1.807, 2.05) is 36.5 Å².